The fraction of sp³-hybridized carbons (Fsp3) is 0.250. The summed E-state index contributed by atoms with van der Waals surface area (Å²) in [7, 11) is 0. The molecule has 1 atom stereocenters. The molecule has 1 aromatic carbocycles. The summed E-state index contributed by atoms with van der Waals surface area (Å²) in [6, 6.07) is 8.12. The highest BCUT2D eigenvalue weighted by Crippen LogP contribution is 2.31. The predicted molar refractivity (Wildman–Crippen MR) is 90.4 cm³/mol. The van der Waals surface area contributed by atoms with Gasteiger partial charge in [0.05, 0.1) is 17.1 Å². The standard InChI is InChI=1S/C16H13BrN6O/c17-10-2-4-11-9(5-10)7-14(18-11)15-19-16(24-22-15)8-1-3-12-13(6-8)21-23-20-12/h2,4-5,7-8,18H,1,3,6H2,(H,20,21,23). The average molecular weight is 385 g/mol. The molecule has 120 valence electrons. The zero-order chi connectivity index (χ0) is 16.1. The van der Waals surface area contributed by atoms with Gasteiger partial charge in [-0.15, -0.1) is 0 Å². The van der Waals surface area contributed by atoms with E-state index in [4.69, 9.17) is 4.52 Å². The van der Waals surface area contributed by atoms with Gasteiger partial charge in [-0.3, -0.25) is 0 Å². The number of aromatic nitrogens is 6. The smallest absolute Gasteiger partial charge is 0.230 e. The number of H-pyrrole nitrogens is 2. The molecule has 1 aliphatic carbocycles. The van der Waals surface area contributed by atoms with Crippen LogP contribution >= 0.6 is 15.9 Å². The van der Waals surface area contributed by atoms with Crippen LogP contribution in [0.5, 0.6) is 0 Å². The van der Waals surface area contributed by atoms with E-state index in [1.807, 2.05) is 18.2 Å². The molecule has 5 rings (SSSR count). The first-order valence-electron chi connectivity index (χ1n) is 7.77. The summed E-state index contributed by atoms with van der Waals surface area (Å²) in [5.74, 6) is 1.45. The number of hydrogen-bond donors (Lipinski definition) is 2. The largest absolute Gasteiger partial charge is 0.352 e. The van der Waals surface area contributed by atoms with E-state index in [-0.39, 0.29) is 5.92 Å². The van der Waals surface area contributed by atoms with Crippen molar-refractivity contribution in [1.82, 2.24) is 30.5 Å². The van der Waals surface area contributed by atoms with Crippen molar-refractivity contribution in [3.63, 3.8) is 0 Å². The van der Waals surface area contributed by atoms with Crippen molar-refractivity contribution >= 4 is 26.8 Å². The molecule has 4 aromatic rings. The van der Waals surface area contributed by atoms with E-state index in [0.717, 1.165) is 51.7 Å². The van der Waals surface area contributed by atoms with Crippen molar-refractivity contribution in [2.45, 2.75) is 25.2 Å². The van der Waals surface area contributed by atoms with Crippen LogP contribution in [0.25, 0.3) is 22.4 Å². The Morgan fingerprint density at radius 3 is 3.04 bits per heavy atom. The Labute approximate surface area is 145 Å². The summed E-state index contributed by atoms with van der Waals surface area (Å²) >= 11 is 3.49. The molecule has 24 heavy (non-hydrogen) atoms. The third-order valence-electron chi connectivity index (χ3n) is 4.49. The molecule has 1 unspecified atom stereocenters. The van der Waals surface area contributed by atoms with Crippen LogP contribution in [0.15, 0.2) is 33.3 Å². The molecule has 0 fully saturated rings. The zero-order valence-corrected chi connectivity index (χ0v) is 14.2. The fourth-order valence-electron chi connectivity index (χ4n) is 3.23. The third-order valence-corrected chi connectivity index (χ3v) is 4.98. The van der Waals surface area contributed by atoms with E-state index in [0.29, 0.717) is 11.7 Å². The van der Waals surface area contributed by atoms with E-state index in [2.05, 4.69) is 52.5 Å². The third kappa shape index (κ3) is 2.25. The van der Waals surface area contributed by atoms with Crippen LogP contribution in [-0.2, 0) is 12.8 Å². The van der Waals surface area contributed by atoms with Crippen molar-refractivity contribution < 1.29 is 4.52 Å². The number of aromatic amines is 2. The van der Waals surface area contributed by atoms with Crippen molar-refractivity contribution in [2.24, 2.45) is 0 Å². The van der Waals surface area contributed by atoms with Crippen LogP contribution in [-0.4, -0.2) is 30.5 Å². The van der Waals surface area contributed by atoms with E-state index >= 15 is 0 Å². The van der Waals surface area contributed by atoms with Gasteiger partial charge in [-0.05, 0) is 37.1 Å². The molecule has 0 bridgehead atoms. The molecule has 1 aliphatic rings. The van der Waals surface area contributed by atoms with E-state index in [1.54, 1.807) is 0 Å². The zero-order valence-electron chi connectivity index (χ0n) is 12.6. The summed E-state index contributed by atoms with van der Waals surface area (Å²) in [6.45, 7) is 0. The van der Waals surface area contributed by atoms with Gasteiger partial charge in [0.2, 0.25) is 11.7 Å². The molecule has 8 heteroatoms. The van der Waals surface area contributed by atoms with E-state index in [9.17, 15) is 0 Å². The molecule has 3 aromatic heterocycles. The molecule has 2 N–H and O–H groups in total. The number of rotatable bonds is 2. The van der Waals surface area contributed by atoms with Crippen LogP contribution in [0, 0.1) is 0 Å². The normalized spacial score (nSPS) is 17.3. The highest BCUT2D eigenvalue weighted by Gasteiger charge is 2.27. The Balaban J connectivity index is 1.46. The lowest BCUT2D eigenvalue weighted by atomic mass is 9.90. The lowest BCUT2D eigenvalue weighted by molar-refractivity contribution is 0.339. The summed E-state index contributed by atoms with van der Waals surface area (Å²) in [5, 5.41) is 16.3. The molecule has 0 radical (unpaired) electrons. The second-order valence-corrected chi connectivity index (χ2v) is 6.94. The Hall–Kier alpha value is -2.48. The Kier molecular flexibility index (Phi) is 3.05. The second kappa shape index (κ2) is 5.27. The van der Waals surface area contributed by atoms with Crippen molar-refractivity contribution in [3.05, 3.63) is 46.0 Å². The first-order chi connectivity index (χ1) is 11.8. The molecule has 0 amide bonds. The number of hydrogen-bond acceptors (Lipinski definition) is 5. The highest BCUT2D eigenvalue weighted by molar-refractivity contribution is 9.10. The molecule has 0 saturated carbocycles. The van der Waals surface area contributed by atoms with Gasteiger partial charge >= 0.3 is 0 Å². The summed E-state index contributed by atoms with van der Waals surface area (Å²) in [5.41, 5.74) is 3.95. The average Bonchev–Trinajstić information content (AvgIpc) is 3.31. The number of aryl methyl sites for hydroxylation is 1. The second-order valence-electron chi connectivity index (χ2n) is 6.03. The van der Waals surface area contributed by atoms with Gasteiger partial charge in [-0.25, -0.2) is 0 Å². The van der Waals surface area contributed by atoms with Crippen LogP contribution in [0.3, 0.4) is 0 Å². The molecular formula is C16H13BrN6O. The molecule has 0 saturated heterocycles. The van der Waals surface area contributed by atoms with Crippen molar-refractivity contribution in [2.75, 3.05) is 0 Å². The molecule has 7 nitrogen and oxygen atoms in total. The molecule has 0 spiro atoms. The minimum atomic E-state index is 0.197. The van der Waals surface area contributed by atoms with Crippen molar-refractivity contribution in [1.29, 1.82) is 0 Å². The van der Waals surface area contributed by atoms with Crippen molar-refractivity contribution in [3.8, 4) is 11.5 Å². The quantitative estimate of drug-likeness (QED) is 0.552. The predicted octanol–water partition coefficient (Wildman–Crippen LogP) is 3.37. The lowest BCUT2D eigenvalue weighted by Gasteiger charge is -2.15. The van der Waals surface area contributed by atoms with E-state index < -0.39 is 0 Å². The maximum absolute atomic E-state index is 5.52. The van der Waals surface area contributed by atoms with Gasteiger partial charge in [0.15, 0.2) is 0 Å². The van der Waals surface area contributed by atoms with Gasteiger partial charge in [-0.2, -0.15) is 20.4 Å². The van der Waals surface area contributed by atoms with Crippen LogP contribution < -0.4 is 0 Å². The van der Waals surface area contributed by atoms with Gasteiger partial charge in [-0.1, -0.05) is 21.1 Å². The van der Waals surface area contributed by atoms with Gasteiger partial charge in [0.25, 0.3) is 0 Å². The van der Waals surface area contributed by atoms with Crippen LogP contribution in [0.4, 0.5) is 0 Å². The number of nitrogens with zero attached hydrogens (tertiary/aromatic N) is 4. The molecule has 0 aliphatic heterocycles. The van der Waals surface area contributed by atoms with E-state index in [1.165, 1.54) is 0 Å². The number of fused-ring (bicyclic) bond motifs is 2. The van der Waals surface area contributed by atoms with Crippen LogP contribution in [0.1, 0.15) is 29.6 Å². The summed E-state index contributed by atoms with van der Waals surface area (Å²) < 4.78 is 6.56. The Morgan fingerprint density at radius 1 is 1.17 bits per heavy atom. The summed E-state index contributed by atoms with van der Waals surface area (Å²) in [4.78, 5) is 7.93. The fourth-order valence-corrected chi connectivity index (χ4v) is 3.61. The SMILES string of the molecule is Brc1ccc2[nH]c(-c3noc(C4CCc5n[nH]nc5C4)n3)cc2c1. The minimum Gasteiger partial charge on any atom is -0.352 e. The highest BCUT2D eigenvalue weighted by atomic mass is 79.9. The summed E-state index contributed by atoms with van der Waals surface area (Å²) in [6.07, 6.45) is 2.61. The topological polar surface area (TPSA) is 96.3 Å². The van der Waals surface area contributed by atoms with Gasteiger partial charge in [0, 0.05) is 27.7 Å². The lowest BCUT2D eigenvalue weighted by Crippen LogP contribution is -2.13. The van der Waals surface area contributed by atoms with Crippen LogP contribution in [0.2, 0.25) is 0 Å². The Morgan fingerprint density at radius 2 is 2.08 bits per heavy atom. The monoisotopic (exact) mass is 384 g/mol. The minimum absolute atomic E-state index is 0.197. The van der Waals surface area contributed by atoms with Gasteiger partial charge < -0.3 is 9.51 Å². The van der Waals surface area contributed by atoms with Gasteiger partial charge in [0.1, 0.15) is 0 Å². The number of nitrogens with one attached hydrogen (secondary N) is 2. The molecular weight excluding hydrogens is 372 g/mol. The first-order valence-corrected chi connectivity index (χ1v) is 8.56. The number of halogens is 1. The molecule has 3 heterocycles. The maximum atomic E-state index is 5.52. The maximum Gasteiger partial charge on any atom is 0.230 e. The Bertz CT molecular complexity index is 1030. The first kappa shape index (κ1) is 13.9. The number of benzene rings is 1.